The topological polar surface area (TPSA) is 36.1 Å². The molecule has 1 heterocycles. The first-order valence-corrected chi connectivity index (χ1v) is 7.04. The second-order valence-corrected chi connectivity index (χ2v) is 5.16. The zero-order valence-corrected chi connectivity index (χ0v) is 11.8. The predicted octanol–water partition coefficient (Wildman–Crippen LogP) is 4.15. The molecule has 0 aromatic heterocycles. The molecule has 0 aliphatic carbocycles. The average molecular weight is 307 g/mol. The number of fused-ring (bicyclic) bond motifs is 1. The van der Waals surface area contributed by atoms with Crippen LogP contribution in [0, 0.1) is 0 Å². The van der Waals surface area contributed by atoms with E-state index in [1.165, 1.54) is 12.1 Å². The first kappa shape index (κ1) is 14.6. The largest absolute Gasteiger partial charge is 0.416 e. The molecule has 6 heteroatoms. The van der Waals surface area contributed by atoms with E-state index in [9.17, 15) is 13.2 Å². The van der Waals surface area contributed by atoms with Gasteiger partial charge in [-0.15, -0.1) is 0 Å². The van der Waals surface area contributed by atoms with Gasteiger partial charge in [-0.05, 0) is 42.3 Å². The molecule has 0 atom stereocenters. The Morgan fingerprint density at radius 2 is 1.68 bits per heavy atom. The van der Waals surface area contributed by atoms with Crippen molar-refractivity contribution in [1.82, 2.24) is 0 Å². The van der Waals surface area contributed by atoms with Crippen LogP contribution in [0.2, 0.25) is 0 Å². The van der Waals surface area contributed by atoms with Gasteiger partial charge in [0.15, 0.2) is 0 Å². The minimum absolute atomic E-state index is 0.610. The maximum absolute atomic E-state index is 12.5. The number of rotatable bonds is 4. The third-order valence-corrected chi connectivity index (χ3v) is 3.60. The van der Waals surface area contributed by atoms with Gasteiger partial charge < -0.3 is 16.0 Å². The molecule has 0 radical (unpaired) electrons. The molecule has 3 nitrogen and oxygen atoms in total. The summed E-state index contributed by atoms with van der Waals surface area (Å²) < 4.78 is 37.4. The molecule has 1 aliphatic rings. The van der Waals surface area contributed by atoms with Crippen LogP contribution in [0.5, 0.6) is 0 Å². The van der Waals surface area contributed by atoms with Gasteiger partial charge in [0, 0.05) is 12.2 Å². The average Bonchev–Trinajstić information content (AvgIpc) is 2.94. The predicted molar refractivity (Wildman–Crippen MR) is 82.2 cm³/mol. The number of benzene rings is 2. The second-order valence-electron chi connectivity index (χ2n) is 5.16. The van der Waals surface area contributed by atoms with E-state index in [1.807, 2.05) is 18.2 Å². The number of nitrogens with one attached hydrogen (secondary N) is 3. The van der Waals surface area contributed by atoms with Crippen LogP contribution in [0.3, 0.4) is 0 Å². The highest BCUT2D eigenvalue weighted by molar-refractivity contribution is 5.77. The van der Waals surface area contributed by atoms with Crippen LogP contribution >= 0.6 is 0 Å². The summed E-state index contributed by atoms with van der Waals surface area (Å²) in [6.07, 6.45) is -3.61. The minimum atomic E-state index is -4.28. The summed E-state index contributed by atoms with van der Waals surface area (Å²) in [5, 5.41) is 9.68. The Bertz CT molecular complexity index is 651. The van der Waals surface area contributed by atoms with Crippen LogP contribution in [0.25, 0.3) is 0 Å². The summed E-state index contributed by atoms with van der Waals surface area (Å²) in [5.41, 5.74) is 3.39. The van der Waals surface area contributed by atoms with Crippen molar-refractivity contribution in [3.63, 3.8) is 0 Å². The molecule has 22 heavy (non-hydrogen) atoms. The Balaban J connectivity index is 1.55. The molecular weight excluding hydrogens is 291 g/mol. The lowest BCUT2D eigenvalue weighted by atomic mass is 10.1. The number of alkyl halides is 3. The zero-order valence-electron chi connectivity index (χ0n) is 11.8. The van der Waals surface area contributed by atoms with E-state index in [2.05, 4.69) is 16.0 Å². The molecule has 1 aliphatic heterocycles. The summed E-state index contributed by atoms with van der Waals surface area (Å²) in [4.78, 5) is 0. The quantitative estimate of drug-likeness (QED) is 0.794. The van der Waals surface area contributed by atoms with E-state index in [0.717, 1.165) is 41.4 Å². The van der Waals surface area contributed by atoms with Gasteiger partial charge in [-0.3, -0.25) is 0 Å². The minimum Gasteiger partial charge on any atom is -0.385 e. The van der Waals surface area contributed by atoms with Crippen molar-refractivity contribution >= 4 is 17.1 Å². The third-order valence-electron chi connectivity index (χ3n) is 3.60. The normalized spacial score (nSPS) is 13.2. The number of halogens is 3. The van der Waals surface area contributed by atoms with Gasteiger partial charge in [0.1, 0.15) is 0 Å². The molecule has 0 spiro atoms. The number of anilines is 3. The third kappa shape index (κ3) is 3.27. The Hall–Kier alpha value is -2.37. The fourth-order valence-electron chi connectivity index (χ4n) is 2.40. The maximum atomic E-state index is 12.5. The van der Waals surface area contributed by atoms with Crippen LogP contribution < -0.4 is 16.0 Å². The lowest BCUT2D eigenvalue weighted by molar-refractivity contribution is -0.137. The standard InChI is InChI=1S/C16H16F3N3/c17-16(18,19)12-3-1-11(2-4-12)7-8-20-13-5-6-14-15(9-13)22-10-21-14/h1-6,9,20-22H,7-8,10H2. The van der Waals surface area contributed by atoms with Crippen LogP contribution in [-0.4, -0.2) is 13.2 Å². The Kier molecular flexibility index (Phi) is 3.83. The molecule has 0 saturated heterocycles. The molecule has 116 valence electrons. The molecule has 3 N–H and O–H groups in total. The van der Waals surface area contributed by atoms with Gasteiger partial charge in [0.05, 0.1) is 23.6 Å². The van der Waals surface area contributed by atoms with Gasteiger partial charge >= 0.3 is 6.18 Å². The summed E-state index contributed by atoms with van der Waals surface area (Å²) in [6.45, 7) is 1.39. The van der Waals surface area contributed by atoms with Crippen molar-refractivity contribution in [2.75, 3.05) is 29.2 Å². The van der Waals surface area contributed by atoms with Gasteiger partial charge in [0.25, 0.3) is 0 Å². The van der Waals surface area contributed by atoms with Gasteiger partial charge in [-0.25, -0.2) is 0 Å². The SMILES string of the molecule is FC(F)(F)c1ccc(CCNc2ccc3c(c2)NCN3)cc1. The first-order chi connectivity index (χ1) is 10.5. The van der Waals surface area contributed by atoms with Gasteiger partial charge in [-0.2, -0.15) is 13.2 Å². The van der Waals surface area contributed by atoms with Crippen molar-refractivity contribution in [2.45, 2.75) is 12.6 Å². The van der Waals surface area contributed by atoms with Gasteiger partial charge in [0.2, 0.25) is 0 Å². The molecule has 2 aromatic carbocycles. The summed E-state index contributed by atoms with van der Waals surface area (Å²) in [7, 11) is 0. The summed E-state index contributed by atoms with van der Waals surface area (Å²) in [6, 6.07) is 11.3. The van der Waals surface area contributed by atoms with E-state index in [0.29, 0.717) is 13.0 Å². The smallest absolute Gasteiger partial charge is 0.385 e. The molecule has 0 saturated carbocycles. The van der Waals surface area contributed by atoms with Crippen molar-refractivity contribution in [2.24, 2.45) is 0 Å². The van der Waals surface area contributed by atoms with Crippen molar-refractivity contribution in [3.8, 4) is 0 Å². The Morgan fingerprint density at radius 1 is 0.955 bits per heavy atom. The van der Waals surface area contributed by atoms with Crippen LogP contribution in [-0.2, 0) is 12.6 Å². The highest BCUT2D eigenvalue weighted by Crippen LogP contribution is 2.30. The lowest BCUT2D eigenvalue weighted by Crippen LogP contribution is -2.07. The summed E-state index contributed by atoms with van der Waals surface area (Å²) >= 11 is 0. The van der Waals surface area contributed by atoms with Gasteiger partial charge in [-0.1, -0.05) is 12.1 Å². The molecule has 0 unspecified atom stereocenters. The number of hydrogen-bond donors (Lipinski definition) is 3. The Labute approximate surface area is 126 Å². The lowest BCUT2D eigenvalue weighted by Gasteiger charge is -2.10. The molecular formula is C16H16F3N3. The van der Waals surface area contributed by atoms with E-state index in [1.54, 1.807) is 0 Å². The fraction of sp³-hybridized carbons (Fsp3) is 0.250. The highest BCUT2D eigenvalue weighted by Gasteiger charge is 2.29. The van der Waals surface area contributed by atoms with Crippen LogP contribution in [0.4, 0.5) is 30.2 Å². The molecule has 3 rings (SSSR count). The van der Waals surface area contributed by atoms with Crippen molar-refractivity contribution in [3.05, 3.63) is 53.6 Å². The fourth-order valence-corrected chi connectivity index (χ4v) is 2.40. The molecule has 0 amide bonds. The monoisotopic (exact) mass is 307 g/mol. The van der Waals surface area contributed by atoms with Crippen LogP contribution in [0.1, 0.15) is 11.1 Å². The van der Waals surface area contributed by atoms with E-state index in [4.69, 9.17) is 0 Å². The number of hydrogen-bond acceptors (Lipinski definition) is 3. The zero-order chi connectivity index (χ0) is 15.6. The second kappa shape index (κ2) is 5.79. The molecule has 0 fully saturated rings. The molecule has 2 aromatic rings. The summed E-state index contributed by atoms with van der Waals surface area (Å²) in [5.74, 6) is 0. The Morgan fingerprint density at radius 3 is 2.41 bits per heavy atom. The van der Waals surface area contributed by atoms with E-state index in [-0.39, 0.29) is 0 Å². The first-order valence-electron chi connectivity index (χ1n) is 7.04. The van der Waals surface area contributed by atoms with Crippen molar-refractivity contribution in [1.29, 1.82) is 0 Å². The van der Waals surface area contributed by atoms with E-state index >= 15 is 0 Å². The van der Waals surface area contributed by atoms with E-state index < -0.39 is 11.7 Å². The molecule has 0 bridgehead atoms. The van der Waals surface area contributed by atoms with Crippen molar-refractivity contribution < 1.29 is 13.2 Å². The highest BCUT2D eigenvalue weighted by atomic mass is 19.4. The maximum Gasteiger partial charge on any atom is 0.416 e. The van der Waals surface area contributed by atoms with Crippen LogP contribution in [0.15, 0.2) is 42.5 Å².